The molecule has 0 amide bonds. The van der Waals surface area contributed by atoms with Gasteiger partial charge in [-0.1, -0.05) is 18.6 Å². The molecule has 1 aromatic rings. The summed E-state index contributed by atoms with van der Waals surface area (Å²) in [5, 5.41) is 21.0. The van der Waals surface area contributed by atoms with Gasteiger partial charge in [0, 0.05) is 0 Å². The summed E-state index contributed by atoms with van der Waals surface area (Å²) in [5.41, 5.74) is -0.996. The van der Waals surface area contributed by atoms with Crippen molar-refractivity contribution in [1.29, 1.82) is 5.26 Å². The van der Waals surface area contributed by atoms with Crippen LogP contribution in [0.2, 0.25) is 0 Å². The third-order valence-electron chi connectivity index (χ3n) is 5.55. The van der Waals surface area contributed by atoms with Crippen LogP contribution in [0.5, 0.6) is 5.75 Å². The first-order chi connectivity index (χ1) is 9.53. The van der Waals surface area contributed by atoms with Gasteiger partial charge >= 0.3 is 0 Å². The number of ether oxygens (including phenoxy) is 1. The largest absolute Gasteiger partial charge is 0.497 e. The van der Waals surface area contributed by atoms with E-state index in [1.807, 2.05) is 24.3 Å². The van der Waals surface area contributed by atoms with Crippen molar-refractivity contribution >= 4 is 0 Å². The summed E-state index contributed by atoms with van der Waals surface area (Å²) in [4.78, 5) is 0. The lowest BCUT2D eigenvalue weighted by Gasteiger charge is -2.43. The van der Waals surface area contributed by atoms with Gasteiger partial charge in [0.25, 0.3) is 0 Å². The first-order valence-corrected chi connectivity index (χ1v) is 7.31. The van der Waals surface area contributed by atoms with E-state index in [0.29, 0.717) is 11.8 Å². The molecule has 0 saturated heterocycles. The van der Waals surface area contributed by atoms with E-state index >= 15 is 0 Å². The summed E-state index contributed by atoms with van der Waals surface area (Å²) < 4.78 is 5.25. The van der Waals surface area contributed by atoms with Gasteiger partial charge in [0.15, 0.2) is 0 Å². The van der Waals surface area contributed by atoms with Crippen molar-refractivity contribution in [2.24, 2.45) is 17.3 Å². The Balaban J connectivity index is 2.04. The van der Waals surface area contributed by atoms with Crippen molar-refractivity contribution in [3.8, 4) is 11.8 Å². The van der Waals surface area contributed by atoms with Crippen LogP contribution in [0.15, 0.2) is 24.3 Å². The first kappa shape index (κ1) is 13.5. The van der Waals surface area contributed by atoms with Crippen molar-refractivity contribution in [2.75, 3.05) is 7.11 Å². The molecule has 2 aliphatic rings. The van der Waals surface area contributed by atoms with Crippen LogP contribution in [-0.2, 0) is 5.60 Å². The Hall–Kier alpha value is -1.53. The molecule has 3 rings (SSSR count). The zero-order chi connectivity index (χ0) is 14.4. The second-order valence-corrected chi connectivity index (χ2v) is 6.47. The highest BCUT2D eigenvalue weighted by Crippen LogP contribution is 2.62. The molecule has 3 nitrogen and oxygen atoms in total. The molecular weight excluding hydrogens is 250 g/mol. The van der Waals surface area contributed by atoms with Gasteiger partial charge in [-0.25, -0.2) is 0 Å². The van der Waals surface area contributed by atoms with Crippen molar-refractivity contribution in [2.45, 2.75) is 38.2 Å². The number of hydrogen-bond acceptors (Lipinski definition) is 3. The molecule has 0 radical (unpaired) electrons. The Bertz CT molecular complexity index is 560. The van der Waals surface area contributed by atoms with Crippen LogP contribution in [0, 0.1) is 28.6 Å². The van der Waals surface area contributed by atoms with Gasteiger partial charge in [-0.05, 0) is 55.7 Å². The maximum Gasteiger partial charge on any atom is 0.119 e. The Morgan fingerprint density at radius 1 is 1.45 bits per heavy atom. The summed E-state index contributed by atoms with van der Waals surface area (Å²) in [6.45, 7) is 1.80. The van der Waals surface area contributed by atoms with E-state index < -0.39 is 11.0 Å². The Morgan fingerprint density at radius 3 is 2.80 bits per heavy atom. The van der Waals surface area contributed by atoms with E-state index in [2.05, 4.69) is 6.07 Å². The van der Waals surface area contributed by atoms with E-state index in [-0.39, 0.29) is 0 Å². The van der Waals surface area contributed by atoms with Gasteiger partial charge in [0.2, 0.25) is 0 Å². The highest BCUT2D eigenvalue weighted by Gasteiger charge is 2.61. The van der Waals surface area contributed by atoms with Crippen molar-refractivity contribution < 1.29 is 9.84 Å². The highest BCUT2D eigenvalue weighted by molar-refractivity contribution is 5.36. The van der Waals surface area contributed by atoms with Gasteiger partial charge in [0.05, 0.1) is 18.6 Å². The summed E-state index contributed by atoms with van der Waals surface area (Å²) in [5.74, 6) is 1.65. The van der Waals surface area contributed by atoms with Crippen molar-refractivity contribution in [1.82, 2.24) is 0 Å². The number of nitriles is 1. The molecule has 3 heteroatoms. The Labute approximate surface area is 120 Å². The SMILES string of the molecule is COc1cccc(C(C)(O)C2(C#N)CC3CCC2C3)c1. The zero-order valence-electron chi connectivity index (χ0n) is 12.1. The minimum atomic E-state index is -1.13. The van der Waals surface area contributed by atoms with E-state index in [1.54, 1.807) is 14.0 Å². The number of rotatable bonds is 3. The lowest BCUT2D eigenvalue weighted by Crippen LogP contribution is -2.46. The minimum Gasteiger partial charge on any atom is -0.497 e. The molecule has 0 aromatic heterocycles. The van der Waals surface area contributed by atoms with Crippen molar-refractivity contribution in [3.63, 3.8) is 0 Å². The van der Waals surface area contributed by atoms with Gasteiger partial charge in [-0.3, -0.25) is 0 Å². The molecule has 0 aliphatic heterocycles. The maximum absolute atomic E-state index is 11.2. The number of fused-ring (bicyclic) bond motifs is 2. The van der Waals surface area contributed by atoms with Gasteiger partial charge < -0.3 is 9.84 Å². The summed E-state index contributed by atoms with van der Waals surface area (Å²) in [6.07, 6.45) is 4.19. The highest BCUT2D eigenvalue weighted by atomic mass is 16.5. The topological polar surface area (TPSA) is 53.2 Å². The van der Waals surface area contributed by atoms with Crippen LogP contribution in [0.25, 0.3) is 0 Å². The number of aliphatic hydroxyl groups is 1. The zero-order valence-corrected chi connectivity index (χ0v) is 12.1. The Morgan fingerprint density at radius 2 is 2.25 bits per heavy atom. The number of hydrogen-bond donors (Lipinski definition) is 1. The number of benzene rings is 1. The summed E-state index contributed by atoms with van der Waals surface area (Å²) in [6, 6.07) is 9.98. The third-order valence-corrected chi connectivity index (χ3v) is 5.55. The number of methoxy groups -OCH3 is 1. The average molecular weight is 271 g/mol. The van der Waals surface area contributed by atoms with Crippen LogP contribution >= 0.6 is 0 Å². The Kier molecular flexibility index (Phi) is 3.02. The standard InChI is InChI=1S/C17H21NO2/c1-16(19,13-4-3-5-15(9-13)20-2)17(11-18)10-12-6-7-14(17)8-12/h3-5,9,12,14,19H,6-8,10H2,1-2H3. The van der Waals surface area contributed by atoms with E-state index in [0.717, 1.165) is 30.6 Å². The molecule has 4 atom stereocenters. The molecule has 2 aliphatic carbocycles. The van der Waals surface area contributed by atoms with Gasteiger partial charge in [0.1, 0.15) is 11.4 Å². The summed E-state index contributed by atoms with van der Waals surface area (Å²) >= 11 is 0. The average Bonchev–Trinajstić information content (AvgIpc) is 3.08. The van der Waals surface area contributed by atoms with Gasteiger partial charge in [-0.15, -0.1) is 0 Å². The van der Waals surface area contributed by atoms with Crippen LogP contribution in [0.1, 0.15) is 38.2 Å². The maximum atomic E-state index is 11.2. The molecule has 4 unspecified atom stereocenters. The summed E-state index contributed by atoms with van der Waals surface area (Å²) in [7, 11) is 1.62. The van der Waals surface area contributed by atoms with Crippen LogP contribution < -0.4 is 4.74 Å². The minimum absolute atomic E-state index is 0.318. The van der Waals surface area contributed by atoms with Crippen LogP contribution in [0.4, 0.5) is 0 Å². The molecular formula is C17H21NO2. The van der Waals surface area contributed by atoms with Crippen LogP contribution in [-0.4, -0.2) is 12.2 Å². The van der Waals surface area contributed by atoms with Crippen LogP contribution in [0.3, 0.4) is 0 Å². The van der Waals surface area contributed by atoms with E-state index in [4.69, 9.17) is 4.74 Å². The molecule has 0 spiro atoms. The molecule has 106 valence electrons. The lowest BCUT2D eigenvalue weighted by molar-refractivity contribution is -0.0735. The second-order valence-electron chi connectivity index (χ2n) is 6.47. The number of nitrogens with zero attached hydrogens (tertiary/aromatic N) is 1. The van der Waals surface area contributed by atoms with Crippen molar-refractivity contribution in [3.05, 3.63) is 29.8 Å². The fourth-order valence-corrected chi connectivity index (χ4v) is 4.36. The van der Waals surface area contributed by atoms with E-state index in [1.165, 1.54) is 6.42 Å². The fraction of sp³-hybridized carbons (Fsp3) is 0.588. The second kappa shape index (κ2) is 4.49. The third kappa shape index (κ3) is 1.68. The lowest BCUT2D eigenvalue weighted by atomic mass is 9.61. The molecule has 2 bridgehead atoms. The molecule has 2 saturated carbocycles. The molecule has 2 fully saturated rings. The molecule has 1 N–H and O–H groups in total. The van der Waals surface area contributed by atoms with Gasteiger partial charge in [-0.2, -0.15) is 5.26 Å². The molecule has 0 heterocycles. The molecule has 1 aromatic carbocycles. The fourth-order valence-electron chi connectivity index (χ4n) is 4.36. The first-order valence-electron chi connectivity index (χ1n) is 7.31. The predicted octanol–water partition coefficient (Wildman–Crippen LogP) is 3.23. The molecule has 20 heavy (non-hydrogen) atoms. The monoisotopic (exact) mass is 271 g/mol. The smallest absolute Gasteiger partial charge is 0.119 e. The quantitative estimate of drug-likeness (QED) is 0.918. The predicted molar refractivity (Wildman–Crippen MR) is 76.1 cm³/mol. The van der Waals surface area contributed by atoms with E-state index in [9.17, 15) is 10.4 Å². The normalized spacial score (nSPS) is 34.5.